The van der Waals surface area contributed by atoms with Crippen molar-refractivity contribution in [2.24, 2.45) is 4.99 Å². The molecule has 0 saturated carbocycles. The molecule has 1 unspecified atom stereocenters. The summed E-state index contributed by atoms with van der Waals surface area (Å²) in [5.41, 5.74) is -0.487. The third-order valence-corrected chi connectivity index (χ3v) is 4.07. The van der Waals surface area contributed by atoms with Crippen LogP contribution in [0.1, 0.15) is 39.9 Å². The molecule has 2 rings (SSSR count). The number of likely N-dealkylation sites (tertiary alicyclic amines) is 1. The average Bonchev–Trinajstić information content (AvgIpc) is 3.18. The molecule has 1 saturated heterocycles. The van der Waals surface area contributed by atoms with Crippen LogP contribution in [0.25, 0.3) is 0 Å². The fourth-order valence-corrected chi connectivity index (χ4v) is 2.90. The van der Waals surface area contributed by atoms with E-state index in [0.717, 1.165) is 44.3 Å². The molecule has 0 radical (unpaired) electrons. The Morgan fingerprint density at radius 3 is 2.88 bits per heavy atom. The number of nitrogens with one attached hydrogen (secondary N) is 2. The average molecular weight is 365 g/mol. The molecule has 2 heterocycles. The van der Waals surface area contributed by atoms with Crippen LogP contribution in [0.5, 0.6) is 0 Å². The number of aliphatic imine (C=N–C) groups is 1. The van der Waals surface area contributed by atoms with Crippen molar-refractivity contribution in [1.82, 2.24) is 30.3 Å². The molecule has 1 aromatic rings. The molecule has 1 aliphatic rings. The van der Waals surface area contributed by atoms with Gasteiger partial charge in [0.2, 0.25) is 0 Å². The zero-order valence-corrected chi connectivity index (χ0v) is 16.4. The van der Waals surface area contributed by atoms with Crippen LogP contribution in [-0.2, 0) is 17.7 Å². The minimum absolute atomic E-state index is 0.0629. The molecule has 0 bridgehead atoms. The summed E-state index contributed by atoms with van der Waals surface area (Å²) in [4.78, 5) is 18.4. The SMILES string of the molecule is CCc1nncn1CCNC(=NC)N1CCC(NC(=O)OC(C)(C)C)C1. The predicted molar refractivity (Wildman–Crippen MR) is 100 cm³/mol. The van der Waals surface area contributed by atoms with Gasteiger partial charge in [0.15, 0.2) is 5.96 Å². The Kier molecular flexibility index (Phi) is 6.82. The number of hydrogen-bond donors (Lipinski definition) is 2. The molecular weight excluding hydrogens is 334 g/mol. The van der Waals surface area contributed by atoms with Gasteiger partial charge < -0.3 is 24.8 Å². The van der Waals surface area contributed by atoms with Gasteiger partial charge in [-0.2, -0.15) is 0 Å². The summed E-state index contributed by atoms with van der Waals surface area (Å²) in [5, 5.41) is 14.3. The quantitative estimate of drug-likeness (QED) is 0.597. The maximum absolute atomic E-state index is 11.9. The molecule has 9 heteroatoms. The van der Waals surface area contributed by atoms with Crippen molar-refractivity contribution in [3.05, 3.63) is 12.2 Å². The van der Waals surface area contributed by atoms with Crippen LogP contribution >= 0.6 is 0 Å². The zero-order valence-electron chi connectivity index (χ0n) is 16.4. The van der Waals surface area contributed by atoms with E-state index in [0.29, 0.717) is 6.54 Å². The van der Waals surface area contributed by atoms with E-state index in [2.05, 4.69) is 37.6 Å². The number of guanidine groups is 1. The first kappa shape index (κ1) is 20.0. The van der Waals surface area contributed by atoms with Crippen molar-refractivity contribution in [3.8, 4) is 0 Å². The predicted octanol–water partition coefficient (Wildman–Crippen LogP) is 1.01. The zero-order chi connectivity index (χ0) is 19.2. The van der Waals surface area contributed by atoms with Gasteiger partial charge >= 0.3 is 6.09 Å². The normalized spacial score (nSPS) is 18.1. The lowest BCUT2D eigenvalue weighted by Crippen LogP contribution is -2.44. The fourth-order valence-electron chi connectivity index (χ4n) is 2.90. The maximum Gasteiger partial charge on any atom is 0.407 e. The van der Waals surface area contributed by atoms with Crippen LogP contribution < -0.4 is 10.6 Å². The number of ether oxygens (including phenoxy) is 1. The van der Waals surface area contributed by atoms with Gasteiger partial charge in [0.1, 0.15) is 17.8 Å². The largest absolute Gasteiger partial charge is 0.444 e. The van der Waals surface area contributed by atoms with E-state index in [1.165, 1.54) is 0 Å². The standard InChI is InChI=1S/C17H31N7O2/c1-6-14-22-20-12-24(14)10-8-19-15(18-5)23-9-7-13(11-23)21-16(25)26-17(2,3)4/h12-13H,6-11H2,1-5H3,(H,18,19)(H,21,25). The number of alkyl carbamates (subject to hydrolysis) is 1. The van der Waals surface area contributed by atoms with Crippen LogP contribution in [0.2, 0.25) is 0 Å². The van der Waals surface area contributed by atoms with Gasteiger partial charge in [0, 0.05) is 39.6 Å². The molecule has 0 aliphatic carbocycles. The van der Waals surface area contributed by atoms with Crippen molar-refractivity contribution < 1.29 is 9.53 Å². The highest BCUT2D eigenvalue weighted by Gasteiger charge is 2.27. The monoisotopic (exact) mass is 365 g/mol. The topological polar surface area (TPSA) is 96.7 Å². The highest BCUT2D eigenvalue weighted by atomic mass is 16.6. The summed E-state index contributed by atoms with van der Waals surface area (Å²) >= 11 is 0. The van der Waals surface area contributed by atoms with Crippen LogP contribution in [0.15, 0.2) is 11.3 Å². The Morgan fingerprint density at radius 1 is 1.46 bits per heavy atom. The number of amides is 1. The van der Waals surface area contributed by atoms with Crippen molar-refractivity contribution in [2.45, 2.75) is 58.7 Å². The second-order valence-corrected chi connectivity index (χ2v) is 7.35. The molecule has 26 heavy (non-hydrogen) atoms. The number of rotatable bonds is 5. The van der Waals surface area contributed by atoms with Crippen molar-refractivity contribution in [2.75, 3.05) is 26.7 Å². The number of carbonyl (C=O) groups is 1. The van der Waals surface area contributed by atoms with E-state index in [-0.39, 0.29) is 12.1 Å². The summed E-state index contributed by atoms with van der Waals surface area (Å²) in [6, 6.07) is 0.0629. The molecule has 1 fully saturated rings. The molecule has 1 aliphatic heterocycles. The summed E-state index contributed by atoms with van der Waals surface area (Å²) in [6.07, 6.45) is 3.11. The summed E-state index contributed by atoms with van der Waals surface area (Å²) in [7, 11) is 1.77. The number of nitrogens with zero attached hydrogens (tertiary/aromatic N) is 5. The Bertz CT molecular complexity index is 621. The highest BCUT2D eigenvalue weighted by Crippen LogP contribution is 2.12. The Hall–Kier alpha value is -2.32. The maximum atomic E-state index is 11.9. The van der Waals surface area contributed by atoms with E-state index in [1.807, 2.05) is 25.3 Å². The van der Waals surface area contributed by atoms with Crippen molar-refractivity contribution >= 4 is 12.1 Å². The molecule has 146 valence electrons. The summed E-state index contributed by atoms with van der Waals surface area (Å²) < 4.78 is 7.36. The lowest BCUT2D eigenvalue weighted by molar-refractivity contribution is 0.0507. The lowest BCUT2D eigenvalue weighted by Gasteiger charge is -2.23. The summed E-state index contributed by atoms with van der Waals surface area (Å²) in [6.45, 7) is 10.7. The first-order valence-corrected chi connectivity index (χ1v) is 9.14. The fraction of sp³-hybridized carbons (Fsp3) is 0.765. The lowest BCUT2D eigenvalue weighted by atomic mass is 10.2. The van der Waals surface area contributed by atoms with Crippen LogP contribution in [-0.4, -0.2) is 70.0 Å². The third-order valence-electron chi connectivity index (χ3n) is 4.07. The van der Waals surface area contributed by atoms with Gasteiger partial charge in [-0.1, -0.05) is 6.92 Å². The Morgan fingerprint density at radius 2 is 2.23 bits per heavy atom. The van der Waals surface area contributed by atoms with Crippen molar-refractivity contribution in [1.29, 1.82) is 0 Å². The molecule has 1 amide bonds. The van der Waals surface area contributed by atoms with Gasteiger partial charge in [0.05, 0.1) is 6.04 Å². The van der Waals surface area contributed by atoms with Crippen LogP contribution in [0.3, 0.4) is 0 Å². The van der Waals surface area contributed by atoms with E-state index in [9.17, 15) is 4.79 Å². The molecule has 0 aromatic carbocycles. The number of hydrogen-bond acceptors (Lipinski definition) is 5. The first-order chi connectivity index (χ1) is 12.3. The summed E-state index contributed by atoms with van der Waals surface area (Å²) in [5.74, 6) is 1.81. The van der Waals surface area contributed by atoms with E-state index in [4.69, 9.17) is 4.74 Å². The second-order valence-electron chi connectivity index (χ2n) is 7.35. The van der Waals surface area contributed by atoms with Gasteiger partial charge in [-0.15, -0.1) is 10.2 Å². The minimum atomic E-state index is -0.487. The molecule has 0 spiro atoms. The number of aryl methyl sites for hydroxylation is 1. The van der Waals surface area contributed by atoms with E-state index >= 15 is 0 Å². The van der Waals surface area contributed by atoms with Gasteiger partial charge in [0.25, 0.3) is 0 Å². The molecule has 1 atom stereocenters. The Labute approximate surface area is 155 Å². The molecule has 9 nitrogen and oxygen atoms in total. The smallest absolute Gasteiger partial charge is 0.407 e. The molecule has 1 aromatic heterocycles. The third kappa shape index (κ3) is 5.89. The molecular formula is C17H31N7O2. The second kappa shape index (κ2) is 8.86. The van der Waals surface area contributed by atoms with Gasteiger partial charge in [-0.3, -0.25) is 4.99 Å². The first-order valence-electron chi connectivity index (χ1n) is 9.14. The number of aromatic nitrogens is 3. The van der Waals surface area contributed by atoms with E-state index in [1.54, 1.807) is 13.4 Å². The number of carbonyl (C=O) groups excluding carboxylic acids is 1. The molecule has 2 N–H and O–H groups in total. The van der Waals surface area contributed by atoms with Crippen LogP contribution in [0, 0.1) is 0 Å². The Balaban J connectivity index is 1.77. The van der Waals surface area contributed by atoms with Crippen LogP contribution in [0.4, 0.5) is 4.79 Å². The highest BCUT2D eigenvalue weighted by molar-refractivity contribution is 5.80. The van der Waals surface area contributed by atoms with Gasteiger partial charge in [-0.05, 0) is 27.2 Å². The minimum Gasteiger partial charge on any atom is -0.444 e. The van der Waals surface area contributed by atoms with Gasteiger partial charge in [-0.25, -0.2) is 4.79 Å². The van der Waals surface area contributed by atoms with E-state index < -0.39 is 5.60 Å². The van der Waals surface area contributed by atoms with Crippen molar-refractivity contribution in [3.63, 3.8) is 0 Å².